The lowest BCUT2D eigenvalue weighted by Gasteiger charge is -2.10. The molecule has 0 spiro atoms. The molecular weight excluding hydrogens is 318 g/mol. The van der Waals surface area contributed by atoms with Crippen molar-refractivity contribution in [3.63, 3.8) is 0 Å². The van der Waals surface area contributed by atoms with Gasteiger partial charge in [0, 0.05) is 0 Å². The van der Waals surface area contributed by atoms with Gasteiger partial charge in [0.25, 0.3) is 0 Å². The minimum atomic E-state index is -1.55. The van der Waals surface area contributed by atoms with Crippen molar-refractivity contribution in [1.29, 1.82) is 0 Å². The first-order valence-electron chi connectivity index (χ1n) is 3.61. The quantitative estimate of drug-likeness (QED) is 0.645. The third-order valence-electron chi connectivity index (χ3n) is 1.69. The van der Waals surface area contributed by atoms with Crippen molar-refractivity contribution in [3.05, 3.63) is 31.2 Å². The summed E-state index contributed by atoms with van der Waals surface area (Å²) in [4.78, 5) is 21.7. The summed E-state index contributed by atoms with van der Waals surface area (Å²) in [6.07, 6.45) is 0. The number of hydrogen-bond acceptors (Lipinski definition) is 2. The molecule has 0 bridgehead atoms. The van der Waals surface area contributed by atoms with Crippen molar-refractivity contribution in [1.82, 2.24) is 0 Å². The van der Waals surface area contributed by atoms with Crippen LogP contribution in [0.5, 0.6) is 0 Å². The second kappa shape index (κ2) is 5.75. The predicted octanol–water partition coefficient (Wildman–Crippen LogP) is 2.87. The van der Waals surface area contributed by atoms with Crippen LogP contribution in [0, 0.1) is 0 Å². The third-order valence-corrected chi connectivity index (χ3v) is 3.50. The van der Waals surface area contributed by atoms with Crippen LogP contribution in [0.2, 0.25) is 20.1 Å². The molecule has 0 fully saturated rings. The number of carboxylic acids is 2. The van der Waals surface area contributed by atoms with E-state index in [4.69, 9.17) is 56.6 Å². The van der Waals surface area contributed by atoms with Gasteiger partial charge in [0.1, 0.15) is 0 Å². The number of hydrogen-bond donors (Lipinski definition) is 2. The van der Waals surface area contributed by atoms with Crippen molar-refractivity contribution in [2.24, 2.45) is 0 Å². The molecule has 5 nitrogen and oxygen atoms in total. The Morgan fingerprint density at radius 1 is 0.706 bits per heavy atom. The molecule has 4 N–H and O–H groups in total. The molecule has 0 aliphatic heterocycles. The Morgan fingerprint density at radius 3 is 1.12 bits per heavy atom. The highest BCUT2D eigenvalue weighted by atomic mass is 35.5. The molecule has 17 heavy (non-hydrogen) atoms. The fraction of sp³-hybridized carbons (Fsp3) is 0. The van der Waals surface area contributed by atoms with E-state index in [2.05, 4.69) is 0 Å². The van der Waals surface area contributed by atoms with Crippen LogP contribution in [-0.2, 0) is 0 Å². The molecule has 94 valence electrons. The standard InChI is InChI=1S/C8H2Cl4O4.H2O/c9-3-1(7(13)14)2(8(15)16)4(10)6(12)5(3)11;/h(H,13,14)(H,15,16);1H2. The Morgan fingerprint density at radius 2 is 0.941 bits per heavy atom. The Labute approximate surface area is 115 Å². The molecule has 9 heteroatoms. The SMILES string of the molecule is O.O=C(O)c1c(Cl)c(Cl)c(Cl)c(Cl)c1C(=O)O. The van der Waals surface area contributed by atoms with Gasteiger partial charge < -0.3 is 15.7 Å². The molecule has 0 heterocycles. The topological polar surface area (TPSA) is 106 Å². The lowest BCUT2D eigenvalue weighted by atomic mass is 10.1. The number of carboxylic acid groups (broad SMARTS) is 2. The van der Waals surface area contributed by atoms with E-state index >= 15 is 0 Å². The van der Waals surface area contributed by atoms with Gasteiger partial charge in [-0.05, 0) is 0 Å². The number of rotatable bonds is 2. The molecule has 0 saturated heterocycles. The van der Waals surface area contributed by atoms with E-state index in [1.807, 2.05) is 0 Å². The van der Waals surface area contributed by atoms with Crippen LogP contribution in [0.1, 0.15) is 20.7 Å². The lowest BCUT2D eigenvalue weighted by molar-refractivity contribution is 0.0652. The highest BCUT2D eigenvalue weighted by molar-refractivity contribution is 6.53. The molecule has 1 aromatic carbocycles. The molecule has 0 radical (unpaired) electrons. The van der Waals surface area contributed by atoms with Gasteiger partial charge in [-0.2, -0.15) is 0 Å². The first kappa shape index (κ1) is 16.3. The summed E-state index contributed by atoms with van der Waals surface area (Å²) in [5.74, 6) is -3.11. The maximum atomic E-state index is 10.9. The maximum absolute atomic E-state index is 10.9. The summed E-state index contributed by atoms with van der Waals surface area (Å²) in [6, 6.07) is 0. The molecule has 1 rings (SSSR count). The number of halogens is 4. The Kier molecular flexibility index (Phi) is 5.51. The van der Waals surface area contributed by atoms with Crippen LogP contribution < -0.4 is 0 Å². The number of benzene rings is 1. The fourth-order valence-corrected chi connectivity index (χ4v) is 2.05. The van der Waals surface area contributed by atoms with E-state index in [1.54, 1.807) is 0 Å². The zero-order valence-corrected chi connectivity index (χ0v) is 10.7. The molecule has 0 unspecified atom stereocenters. The Balaban J connectivity index is 0.00000256. The van der Waals surface area contributed by atoms with Gasteiger partial charge in [0.15, 0.2) is 0 Å². The van der Waals surface area contributed by atoms with Gasteiger partial charge in [-0.1, -0.05) is 46.4 Å². The number of carbonyl (C=O) groups is 2. The summed E-state index contributed by atoms with van der Waals surface area (Å²) in [6.45, 7) is 0. The van der Waals surface area contributed by atoms with E-state index in [9.17, 15) is 9.59 Å². The first-order chi connectivity index (χ1) is 7.29. The molecule has 0 saturated carbocycles. The van der Waals surface area contributed by atoms with Gasteiger partial charge in [-0.3, -0.25) is 0 Å². The van der Waals surface area contributed by atoms with Crippen molar-refractivity contribution in [3.8, 4) is 0 Å². The zero-order valence-electron chi connectivity index (χ0n) is 7.72. The number of aromatic carboxylic acids is 2. The average Bonchev–Trinajstić information content (AvgIpc) is 2.18. The van der Waals surface area contributed by atoms with E-state index in [-0.39, 0.29) is 15.5 Å². The molecule has 0 aliphatic carbocycles. The van der Waals surface area contributed by atoms with E-state index < -0.39 is 33.1 Å². The monoisotopic (exact) mass is 320 g/mol. The normalized spacial score (nSPS) is 9.65. The molecule has 1 aromatic rings. The zero-order chi connectivity index (χ0) is 12.6. The largest absolute Gasteiger partial charge is 0.478 e. The highest BCUT2D eigenvalue weighted by Crippen LogP contribution is 2.41. The minimum absolute atomic E-state index is 0. The van der Waals surface area contributed by atoms with Crippen LogP contribution in [0.3, 0.4) is 0 Å². The highest BCUT2D eigenvalue weighted by Gasteiger charge is 2.28. The average molecular weight is 322 g/mol. The van der Waals surface area contributed by atoms with Crippen LogP contribution >= 0.6 is 46.4 Å². The van der Waals surface area contributed by atoms with E-state index in [0.717, 1.165) is 0 Å². The van der Waals surface area contributed by atoms with Crippen LogP contribution in [0.25, 0.3) is 0 Å². The summed E-state index contributed by atoms with van der Waals surface area (Å²) < 4.78 is 0. The van der Waals surface area contributed by atoms with Gasteiger partial charge in [0.2, 0.25) is 0 Å². The second-order valence-corrected chi connectivity index (χ2v) is 4.13. The van der Waals surface area contributed by atoms with Crippen molar-refractivity contribution in [2.45, 2.75) is 0 Å². The fourth-order valence-electron chi connectivity index (χ4n) is 1.03. The van der Waals surface area contributed by atoms with E-state index in [0.29, 0.717) is 0 Å². The summed E-state index contributed by atoms with van der Waals surface area (Å²) in [5, 5.41) is 16.1. The van der Waals surface area contributed by atoms with Crippen LogP contribution in [0.15, 0.2) is 0 Å². The van der Waals surface area contributed by atoms with Crippen molar-refractivity contribution >= 4 is 58.3 Å². The van der Waals surface area contributed by atoms with Gasteiger partial charge in [-0.25, -0.2) is 9.59 Å². The van der Waals surface area contributed by atoms with Crippen LogP contribution in [0.4, 0.5) is 0 Å². The minimum Gasteiger partial charge on any atom is -0.478 e. The predicted molar refractivity (Wildman–Crippen MR) is 64.0 cm³/mol. The Hall–Kier alpha value is -0.720. The van der Waals surface area contributed by atoms with Gasteiger partial charge in [-0.15, -0.1) is 0 Å². The summed E-state index contributed by atoms with van der Waals surface area (Å²) >= 11 is 22.4. The molecule has 0 atom stereocenters. The lowest BCUT2D eigenvalue weighted by Crippen LogP contribution is -2.10. The van der Waals surface area contributed by atoms with Crippen molar-refractivity contribution in [2.75, 3.05) is 0 Å². The summed E-state index contributed by atoms with van der Waals surface area (Å²) in [7, 11) is 0. The molecule has 0 amide bonds. The van der Waals surface area contributed by atoms with Crippen molar-refractivity contribution < 1.29 is 25.3 Å². The van der Waals surface area contributed by atoms with Gasteiger partial charge >= 0.3 is 11.9 Å². The maximum Gasteiger partial charge on any atom is 0.338 e. The smallest absolute Gasteiger partial charge is 0.338 e. The Bertz CT molecular complexity index is 454. The second-order valence-electron chi connectivity index (χ2n) is 2.62. The molecule has 0 aliphatic rings. The summed E-state index contributed by atoms with van der Waals surface area (Å²) in [5.41, 5.74) is -1.37. The van der Waals surface area contributed by atoms with E-state index in [1.165, 1.54) is 0 Å². The van der Waals surface area contributed by atoms with Crippen LogP contribution in [-0.4, -0.2) is 27.6 Å². The third kappa shape index (κ3) is 2.75. The molecular formula is C8H4Cl4O5. The van der Waals surface area contributed by atoms with Gasteiger partial charge in [0.05, 0.1) is 31.2 Å². The molecule has 0 aromatic heterocycles. The first-order valence-corrected chi connectivity index (χ1v) is 5.12.